The average Bonchev–Trinajstić information content (AvgIpc) is 3.04. The molecule has 18 heavy (non-hydrogen) atoms. The van der Waals surface area contributed by atoms with Gasteiger partial charge in [-0.2, -0.15) is 0 Å². The molecule has 3 rings (SSSR count). The quantitative estimate of drug-likeness (QED) is 0.880. The van der Waals surface area contributed by atoms with Gasteiger partial charge in [0.05, 0.1) is 0 Å². The van der Waals surface area contributed by atoms with Gasteiger partial charge in [-0.15, -0.1) is 0 Å². The smallest absolute Gasteiger partial charge is 0.132 e. The van der Waals surface area contributed by atoms with Gasteiger partial charge in [0.1, 0.15) is 12.1 Å². The van der Waals surface area contributed by atoms with Crippen LogP contribution in [0.2, 0.25) is 0 Å². The Bertz CT molecular complexity index is 418. The first kappa shape index (κ1) is 11.9. The van der Waals surface area contributed by atoms with E-state index < -0.39 is 0 Å². The van der Waals surface area contributed by atoms with Crippen molar-refractivity contribution in [1.29, 1.82) is 0 Å². The normalized spacial score (nSPS) is 23.3. The van der Waals surface area contributed by atoms with Crippen molar-refractivity contribution in [3.8, 4) is 0 Å². The SMILES string of the molecule is CCN1CCCC1CNc1ncnc2c1CCC2. The van der Waals surface area contributed by atoms with Crippen molar-refractivity contribution in [3.63, 3.8) is 0 Å². The van der Waals surface area contributed by atoms with Crippen molar-refractivity contribution < 1.29 is 0 Å². The number of likely N-dealkylation sites (N-methyl/N-ethyl adjacent to an activating group) is 1. The molecular formula is C14H22N4. The van der Waals surface area contributed by atoms with Gasteiger partial charge in [0.15, 0.2) is 0 Å². The van der Waals surface area contributed by atoms with E-state index in [1.165, 1.54) is 37.1 Å². The van der Waals surface area contributed by atoms with E-state index in [1.54, 1.807) is 6.33 Å². The van der Waals surface area contributed by atoms with Crippen molar-refractivity contribution in [2.24, 2.45) is 0 Å². The van der Waals surface area contributed by atoms with Crippen molar-refractivity contribution in [1.82, 2.24) is 14.9 Å². The summed E-state index contributed by atoms with van der Waals surface area (Å²) >= 11 is 0. The molecule has 0 bridgehead atoms. The summed E-state index contributed by atoms with van der Waals surface area (Å²) in [5.74, 6) is 1.08. The third kappa shape index (κ3) is 2.21. The van der Waals surface area contributed by atoms with Crippen LogP contribution in [0.25, 0.3) is 0 Å². The van der Waals surface area contributed by atoms with Crippen LogP contribution >= 0.6 is 0 Å². The van der Waals surface area contributed by atoms with Crippen LogP contribution in [0.1, 0.15) is 37.4 Å². The molecule has 1 atom stereocenters. The average molecular weight is 246 g/mol. The topological polar surface area (TPSA) is 41.0 Å². The highest BCUT2D eigenvalue weighted by Crippen LogP contribution is 2.25. The van der Waals surface area contributed by atoms with Crippen molar-refractivity contribution >= 4 is 5.82 Å². The number of likely N-dealkylation sites (tertiary alicyclic amines) is 1. The molecule has 98 valence electrons. The van der Waals surface area contributed by atoms with E-state index in [-0.39, 0.29) is 0 Å². The van der Waals surface area contributed by atoms with E-state index in [4.69, 9.17) is 0 Å². The largest absolute Gasteiger partial charge is 0.368 e. The Kier molecular flexibility index (Phi) is 3.46. The Morgan fingerprint density at radius 3 is 3.17 bits per heavy atom. The number of aryl methyl sites for hydroxylation is 1. The number of anilines is 1. The van der Waals surface area contributed by atoms with Crippen molar-refractivity contribution in [2.75, 3.05) is 25.0 Å². The van der Waals surface area contributed by atoms with Crippen LogP contribution in [-0.4, -0.2) is 40.5 Å². The molecule has 1 aliphatic heterocycles. The molecule has 0 saturated carbocycles. The number of hydrogen-bond donors (Lipinski definition) is 1. The number of aromatic nitrogens is 2. The lowest BCUT2D eigenvalue weighted by molar-refractivity contribution is 0.277. The van der Waals surface area contributed by atoms with Gasteiger partial charge >= 0.3 is 0 Å². The Labute approximate surface area is 109 Å². The second kappa shape index (κ2) is 5.22. The fraction of sp³-hybridized carbons (Fsp3) is 0.714. The zero-order valence-corrected chi connectivity index (χ0v) is 11.2. The molecule has 4 heteroatoms. The molecule has 1 aromatic heterocycles. The standard InChI is InChI=1S/C14H22N4/c1-2-18-8-4-5-11(18)9-15-14-12-6-3-7-13(12)16-10-17-14/h10-11H,2-9H2,1H3,(H,15,16,17). The fourth-order valence-corrected chi connectivity index (χ4v) is 3.27. The summed E-state index contributed by atoms with van der Waals surface area (Å²) in [7, 11) is 0. The van der Waals surface area contributed by atoms with Crippen molar-refractivity contribution in [2.45, 2.75) is 45.1 Å². The zero-order chi connectivity index (χ0) is 12.4. The third-order valence-corrected chi connectivity index (χ3v) is 4.29. The van der Waals surface area contributed by atoms with Crippen LogP contribution in [-0.2, 0) is 12.8 Å². The molecule has 2 aliphatic rings. The van der Waals surface area contributed by atoms with E-state index in [9.17, 15) is 0 Å². The highest BCUT2D eigenvalue weighted by molar-refractivity contribution is 5.48. The summed E-state index contributed by atoms with van der Waals surface area (Å²) < 4.78 is 0. The van der Waals surface area contributed by atoms with Gasteiger partial charge in [0.25, 0.3) is 0 Å². The number of rotatable bonds is 4. The lowest BCUT2D eigenvalue weighted by atomic mass is 10.2. The second-order valence-electron chi connectivity index (χ2n) is 5.31. The van der Waals surface area contributed by atoms with Gasteiger partial charge < -0.3 is 5.32 Å². The van der Waals surface area contributed by atoms with E-state index in [1.807, 2.05) is 0 Å². The molecule has 4 nitrogen and oxygen atoms in total. The summed E-state index contributed by atoms with van der Waals surface area (Å²) in [5, 5.41) is 3.56. The molecule has 1 saturated heterocycles. The second-order valence-corrected chi connectivity index (χ2v) is 5.31. The van der Waals surface area contributed by atoms with Crippen LogP contribution in [0.3, 0.4) is 0 Å². The first-order chi connectivity index (χ1) is 8.88. The monoisotopic (exact) mass is 246 g/mol. The Hall–Kier alpha value is -1.16. The molecule has 1 fully saturated rings. The molecule has 1 aliphatic carbocycles. The number of nitrogens with zero attached hydrogens (tertiary/aromatic N) is 3. The van der Waals surface area contributed by atoms with Crippen molar-refractivity contribution in [3.05, 3.63) is 17.6 Å². The van der Waals surface area contributed by atoms with Gasteiger partial charge in [0, 0.05) is 23.8 Å². The van der Waals surface area contributed by atoms with Crippen LogP contribution in [0.4, 0.5) is 5.82 Å². The van der Waals surface area contributed by atoms with E-state index in [2.05, 4.69) is 27.1 Å². The van der Waals surface area contributed by atoms with Gasteiger partial charge in [-0.25, -0.2) is 9.97 Å². The minimum atomic E-state index is 0.682. The predicted molar refractivity (Wildman–Crippen MR) is 72.8 cm³/mol. The predicted octanol–water partition coefficient (Wildman–Crippen LogP) is 1.86. The van der Waals surface area contributed by atoms with Crippen LogP contribution < -0.4 is 5.32 Å². The van der Waals surface area contributed by atoms with Crippen LogP contribution in [0, 0.1) is 0 Å². The third-order valence-electron chi connectivity index (χ3n) is 4.29. The zero-order valence-electron chi connectivity index (χ0n) is 11.2. The lowest BCUT2D eigenvalue weighted by Gasteiger charge is -2.23. The lowest BCUT2D eigenvalue weighted by Crippen LogP contribution is -2.34. The Morgan fingerprint density at radius 2 is 2.28 bits per heavy atom. The van der Waals surface area contributed by atoms with Gasteiger partial charge in [-0.3, -0.25) is 4.90 Å². The molecule has 1 unspecified atom stereocenters. The first-order valence-electron chi connectivity index (χ1n) is 7.19. The highest BCUT2D eigenvalue weighted by atomic mass is 15.2. The van der Waals surface area contributed by atoms with E-state index >= 15 is 0 Å². The molecule has 0 radical (unpaired) electrons. The molecule has 1 N–H and O–H groups in total. The van der Waals surface area contributed by atoms with Crippen LogP contribution in [0.5, 0.6) is 0 Å². The molecule has 2 heterocycles. The summed E-state index contributed by atoms with van der Waals surface area (Å²) in [6.45, 7) is 5.69. The summed E-state index contributed by atoms with van der Waals surface area (Å²) in [4.78, 5) is 11.4. The minimum Gasteiger partial charge on any atom is -0.368 e. The van der Waals surface area contributed by atoms with E-state index in [0.717, 1.165) is 31.7 Å². The maximum atomic E-state index is 4.42. The molecule has 0 amide bonds. The molecule has 0 spiro atoms. The highest BCUT2D eigenvalue weighted by Gasteiger charge is 2.23. The minimum absolute atomic E-state index is 0.682. The van der Waals surface area contributed by atoms with Gasteiger partial charge in [-0.1, -0.05) is 6.92 Å². The maximum absolute atomic E-state index is 4.42. The summed E-state index contributed by atoms with van der Waals surface area (Å²) in [5.41, 5.74) is 2.62. The van der Waals surface area contributed by atoms with Gasteiger partial charge in [0.2, 0.25) is 0 Å². The summed E-state index contributed by atoms with van der Waals surface area (Å²) in [6, 6.07) is 0.682. The molecular weight excluding hydrogens is 224 g/mol. The fourth-order valence-electron chi connectivity index (χ4n) is 3.27. The maximum Gasteiger partial charge on any atom is 0.132 e. The van der Waals surface area contributed by atoms with Crippen LogP contribution in [0.15, 0.2) is 6.33 Å². The number of fused-ring (bicyclic) bond motifs is 1. The number of nitrogens with one attached hydrogen (secondary N) is 1. The Balaban J connectivity index is 1.65. The first-order valence-corrected chi connectivity index (χ1v) is 7.19. The molecule has 1 aromatic rings. The number of hydrogen-bond acceptors (Lipinski definition) is 4. The Morgan fingerprint density at radius 1 is 1.33 bits per heavy atom. The van der Waals surface area contributed by atoms with E-state index in [0.29, 0.717) is 6.04 Å². The molecule has 0 aromatic carbocycles. The van der Waals surface area contributed by atoms with Gasteiger partial charge in [-0.05, 0) is 45.2 Å². The summed E-state index contributed by atoms with van der Waals surface area (Å²) in [6.07, 6.45) is 7.85.